The molecule has 0 amide bonds. The topological polar surface area (TPSA) is 73.9 Å². The lowest BCUT2D eigenvalue weighted by Gasteiger charge is -2.32. The Morgan fingerprint density at radius 1 is 1.24 bits per heavy atom. The van der Waals surface area contributed by atoms with E-state index >= 15 is 0 Å². The van der Waals surface area contributed by atoms with Crippen LogP contribution in [0.3, 0.4) is 0 Å². The van der Waals surface area contributed by atoms with Gasteiger partial charge in [0.05, 0.1) is 0 Å². The molecular formula is C12H20N4O. The SMILES string of the molecule is CC(C)c1nc(N)nc(C2(C)CCCCO2)n1. The van der Waals surface area contributed by atoms with Crippen LogP contribution in [0.1, 0.15) is 57.6 Å². The number of nitrogens with zero attached hydrogens (tertiary/aromatic N) is 3. The Balaban J connectivity index is 2.37. The fourth-order valence-corrected chi connectivity index (χ4v) is 2.01. The molecule has 0 aromatic carbocycles. The summed E-state index contributed by atoms with van der Waals surface area (Å²) in [6.07, 6.45) is 3.18. The lowest BCUT2D eigenvalue weighted by molar-refractivity contribution is -0.0762. The molecule has 1 saturated heterocycles. The summed E-state index contributed by atoms with van der Waals surface area (Å²) in [5.41, 5.74) is 5.34. The summed E-state index contributed by atoms with van der Waals surface area (Å²) in [7, 11) is 0. The van der Waals surface area contributed by atoms with Crippen LogP contribution in [-0.2, 0) is 10.3 Å². The van der Waals surface area contributed by atoms with Gasteiger partial charge < -0.3 is 10.5 Å². The third-order valence-corrected chi connectivity index (χ3v) is 3.13. The number of ether oxygens (including phenoxy) is 1. The second-order valence-corrected chi connectivity index (χ2v) is 5.07. The molecule has 2 heterocycles. The van der Waals surface area contributed by atoms with Gasteiger partial charge in [0.2, 0.25) is 5.95 Å². The standard InChI is InChI=1S/C12H20N4O/c1-8(2)9-14-10(16-11(13)15-9)12(3)6-4-5-7-17-12/h8H,4-7H2,1-3H3,(H2,13,14,15,16). The van der Waals surface area contributed by atoms with E-state index in [0.717, 1.165) is 31.7 Å². The van der Waals surface area contributed by atoms with Crippen molar-refractivity contribution in [3.05, 3.63) is 11.6 Å². The van der Waals surface area contributed by atoms with Gasteiger partial charge in [0, 0.05) is 12.5 Å². The van der Waals surface area contributed by atoms with Crippen LogP contribution in [0.4, 0.5) is 5.95 Å². The van der Waals surface area contributed by atoms with Crippen molar-refractivity contribution in [1.82, 2.24) is 15.0 Å². The van der Waals surface area contributed by atoms with Gasteiger partial charge in [-0.05, 0) is 26.2 Å². The molecule has 2 N–H and O–H groups in total. The normalized spacial score (nSPS) is 25.2. The number of hydrogen-bond acceptors (Lipinski definition) is 5. The first-order valence-electron chi connectivity index (χ1n) is 6.17. The van der Waals surface area contributed by atoms with Crippen molar-refractivity contribution < 1.29 is 4.74 Å². The molecule has 1 fully saturated rings. The van der Waals surface area contributed by atoms with Crippen molar-refractivity contribution in [2.45, 2.75) is 51.6 Å². The van der Waals surface area contributed by atoms with Crippen molar-refractivity contribution >= 4 is 5.95 Å². The fraction of sp³-hybridized carbons (Fsp3) is 0.750. The van der Waals surface area contributed by atoms with E-state index in [-0.39, 0.29) is 11.9 Å². The number of nitrogens with two attached hydrogens (primary N) is 1. The number of aromatic nitrogens is 3. The second kappa shape index (κ2) is 4.56. The van der Waals surface area contributed by atoms with Crippen LogP contribution in [0.25, 0.3) is 0 Å². The Morgan fingerprint density at radius 2 is 2.00 bits per heavy atom. The Bertz CT molecular complexity index is 399. The number of hydrogen-bond donors (Lipinski definition) is 1. The lowest BCUT2D eigenvalue weighted by Crippen LogP contribution is -2.33. The molecule has 0 aliphatic carbocycles. The molecule has 0 spiro atoms. The van der Waals surface area contributed by atoms with Crippen LogP contribution < -0.4 is 5.73 Å². The van der Waals surface area contributed by atoms with Gasteiger partial charge in [-0.15, -0.1) is 0 Å². The van der Waals surface area contributed by atoms with Crippen LogP contribution in [0.5, 0.6) is 0 Å². The maximum Gasteiger partial charge on any atom is 0.223 e. The average Bonchev–Trinajstić information content (AvgIpc) is 2.29. The highest BCUT2D eigenvalue weighted by atomic mass is 16.5. The molecule has 94 valence electrons. The van der Waals surface area contributed by atoms with Gasteiger partial charge in [0.25, 0.3) is 0 Å². The molecule has 1 aliphatic rings. The molecule has 0 saturated carbocycles. The molecule has 1 atom stereocenters. The predicted molar refractivity (Wildman–Crippen MR) is 65.5 cm³/mol. The van der Waals surface area contributed by atoms with E-state index in [9.17, 15) is 0 Å². The van der Waals surface area contributed by atoms with Gasteiger partial charge in [-0.2, -0.15) is 9.97 Å². The molecule has 1 aliphatic heterocycles. The zero-order chi connectivity index (χ0) is 12.5. The summed E-state index contributed by atoms with van der Waals surface area (Å²) < 4.78 is 5.83. The number of anilines is 1. The number of nitrogen functional groups attached to an aromatic ring is 1. The molecule has 0 bridgehead atoms. The molecule has 5 nitrogen and oxygen atoms in total. The van der Waals surface area contributed by atoms with Gasteiger partial charge in [-0.25, -0.2) is 4.98 Å². The van der Waals surface area contributed by atoms with Gasteiger partial charge >= 0.3 is 0 Å². The fourth-order valence-electron chi connectivity index (χ4n) is 2.01. The highest BCUT2D eigenvalue weighted by Crippen LogP contribution is 2.32. The lowest BCUT2D eigenvalue weighted by atomic mass is 9.95. The molecule has 17 heavy (non-hydrogen) atoms. The highest BCUT2D eigenvalue weighted by Gasteiger charge is 2.33. The Hall–Kier alpha value is -1.23. The maximum atomic E-state index is 5.83. The maximum absolute atomic E-state index is 5.83. The minimum Gasteiger partial charge on any atom is -0.368 e. The largest absolute Gasteiger partial charge is 0.368 e. The van der Waals surface area contributed by atoms with E-state index in [1.54, 1.807) is 0 Å². The van der Waals surface area contributed by atoms with Crippen molar-refractivity contribution in [3.63, 3.8) is 0 Å². The average molecular weight is 236 g/mol. The first-order chi connectivity index (χ1) is 8.01. The zero-order valence-corrected chi connectivity index (χ0v) is 10.7. The van der Waals surface area contributed by atoms with Crippen LogP contribution in [0.15, 0.2) is 0 Å². The minimum absolute atomic E-state index is 0.242. The summed E-state index contributed by atoms with van der Waals surface area (Å²) in [6.45, 7) is 6.88. The zero-order valence-electron chi connectivity index (χ0n) is 10.7. The second-order valence-electron chi connectivity index (χ2n) is 5.07. The summed E-state index contributed by atoms with van der Waals surface area (Å²) in [5, 5.41) is 0. The van der Waals surface area contributed by atoms with Crippen LogP contribution in [0.2, 0.25) is 0 Å². The predicted octanol–water partition coefficient (Wildman–Crippen LogP) is 1.99. The number of rotatable bonds is 2. The monoisotopic (exact) mass is 236 g/mol. The van der Waals surface area contributed by atoms with E-state index in [4.69, 9.17) is 10.5 Å². The van der Waals surface area contributed by atoms with Gasteiger partial charge in [-0.3, -0.25) is 0 Å². The summed E-state index contributed by atoms with van der Waals surface area (Å²) in [4.78, 5) is 12.9. The smallest absolute Gasteiger partial charge is 0.223 e. The van der Waals surface area contributed by atoms with Crippen molar-refractivity contribution in [1.29, 1.82) is 0 Å². The highest BCUT2D eigenvalue weighted by molar-refractivity contribution is 5.19. The van der Waals surface area contributed by atoms with E-state index in [0.29, 0.717) is 5.82 Å². The van der Waals surface area contributed by atoms with E-state index in [1.165, 1.54) is 0 Å². The Kier molecular flexibility index (Phi) is 3.28. The molecule has 1 aromatic heterocycles. The van der Waals surface area contributed by atoms with Gasteiger partial charge in [0.15, 0.2) is 5.82 Å². The molecule has 1 aromatic rings. The van der Waals surface area contributed by atoms with E-state index in [2.05, 4.69) is 15.0 Å². The summed E-state index contributed by atoms with van der Waals surface area (Å²) in [6, 6.07) is 0. The molecular weight excluding hydrogens is 216 g/mol. The van der Waals surface area contributed by atoms with Crippen LogP contribution in [0, 0.1) is 0 Å². The van der Waals surface area contributed by atoms with E-state index in [1.807, 2.05) is 20.8 Å². The molecule has 2 rings (SSSR count). The van der Waals surface area contributed by atoms with Gasteiger partial charge in [-0.1, -0.05) is 13.8 Å². The molecule has 0 radical (unpaired) electrons. The Morgan fingerprint density at radius 3 is 2.59 bits per heavy atom. The van der Waals surface area contributed by atoms with Crippen molar-refractivity contribution in [2.24, 2.45) is 0 Å². The molecule has 1 unspecified atom stereocenters. The summed E-state index contributed by atoms with van der Waals surface area (Å²) >= 11 is 0. The van der Waals surface area contributed by atoms with Crippen molar-refractivity contribution in [3.8, 4) is 0 Å². The molecule has 5 heteroatoms. The third kappa shape index (κ3) is 2.54. The van der Waals surface area contributed by atoms with Crippen LogP contribution in [-0.4, -0.2) is 21.6 Å². The Labute approximate surface area is 102 Å². The summed E-state index contributed by atoms with van der Waals surface area (Å²) in [5.74, 6) is 1.94. The van der Waals surface area contributed by atoms with Crippen molar-refractivity contribution in [2.75, 3.05) is 12.3 Å². The third-order valence-electron chi connectivity index (χ3n) is 3.13. The van der Waals surface area contributed by atoms with Gasteiger partial charge in [0.1, 0.15) is 11.4 Å². The first-order valence-corrected chi connectivity index (χ1v) is 6.17. The quantitative estimate of drug-likeness (QED) is 0.850. The first kappa shape index (κ1) is 12.2. The van der Waals surface area contributed by atoms with E-state index < -0.39 is 5.60 Å². The minimum atomic E-state index is -0.404. The van der Waals surface area contributed by atoms with Crippen LogP contribution >= 0.6 is 0 Å².